The molecule has 1 unspecified atom stereocenters. The number of hydrogen-bond donors (Lipinski definition) is 2. The average Bonchev–Trinajstić information content (AvgIpc) is 2.86. The highest BCUT2D eigenvalue weighted by Gasteiger charge is 2.32. The molecule has 12 heavy (non-hydrogen) atoms. The number of aromatic nitrogens is 2. The van der Waals surface area contributed by atoms with E-state index < -0.39 is 6.10 Å². The summed E-state index contributed by atoms with van der Waals surface area (Å²) in [4.78, 5) is 11.1. The van der Waals surface area contributed by atoms with E-state index in [1.54, 1.807) is 6.07 Å². The third-order valence-electron chi connectivity index (χ3n) is 2.14. The molecule has 64 valence electrons. The standard InChI is InChI=1S/C8H10N2O2/c11-7(5-1-2-5)6-3-4-9-10-8(6)12/h3-5,7,11H,1-2H2,(H,10,12). The molecular weight excluding hydrogens is 156 g/mol. The molecule has 0 spiro atoms. The summed E-state index contributed by atoms with van der Waals surface area (Å²) in [6, 6.07) is 1.57. The summed E-state index contributed by atoms with van der Waals surface area (Å²) in [6.07, 6.45) is 2.92. The number of aromatic amines is 1. The molecule has 1 atom stereocenters. The maximum Gasteiger partial charge on any atom is 0.269 e. The van der Waals surface area contributed by atoms with E-state index in [1.807, 2.05) is 0 Å². The summed E-state index contributed by atoms with van der Waals surface area (Å²) in [7, 11) is 0. The molecule has 4 nitrogen and oxygen atoms in total. The number of nitrogens with zero attached hydrogens (tertiary/aromatic N) is 1. The fraction of sp³-hybridized carbons (Fsp3) is 0.500. The van der Waals surface area contributed by atoms with Gasteiger partial charge >= 0.3 is 0 Å². The first-order valence-corrected chi connectivity index (χ1v) is 4.00. The SMILES string of the molecule is O=c1[nH]nccc1C(O)C1CC1. The molecule has 1 fully saturated rings. The Morgan fingerprint density at radius 1 is 1.67 bits per heavy atom. The second kappa shape index (κ2) is 2.71. The summed E-state index contributed by atoms with van der Waals surface area (Å²) in [6.45, 7) is 0. The smallest absolute Gasteiger partial charge is 0.269 e. The van der Waals surface area contributed by atoms with Crippen LogP contribution in [0.4, 0.5) is 0 Å². The molecular formula is C8H10N2O2. The summed E-state index contributed by atoms with van der Waals surface area (Å²) < 4.78 is 0. The monoisotopic (exact) mass is 166 g/mol. The molecule has 1 aromatic heterocycles. The van der Waals surface area contributed by atoms with Crippen LogP contribution >= 0.6 is 0 Å². The molecule has 1 heterocycles. The van der Waals surface area contributed by atoms with Crippen LogP contribution in [0.5, 0.6) is 0 Å². The lowest BCUT2D eigenvalue weighted by molar-refractivity contribution is 0.152. The van der Waals surface area contributed by atoms with E-state index >= 15 is 0 Å². The first kappa shape index (κ1) is 7.49. The normalized spacial score (nSPS) is 19.1. The van der Waals surface area contributed by atoms with Crippen LogP contribution in [0.1, 0.15) is 24.5 Å². The van der Waals surface area contributed by atoms with Crippen LogP contribution in [0.25, 0.3) is 0 Å². The van der Waals surface area contributed by atoms with Crippen LogP contribution in [0, 0.1) is 5.92 Å². The van der Waals surface area contributed by atoms with Gasteiger partial charge in [-0.3, -0.25) is 4.79 Å². The van der Waals surface area contributed by atoms with E-state index in [4.69, 9.17) is 0 Å². The third kappa shape index (κ3) is 1.25. The number of aliphatic hydroxyl groups is 1. The van der Waals surface area contributed by atoms with Gasteiger partial charge in [0.15, 0.2) is 0 Å². The van der Waals surface area contributed by atoms with Gasteiger partial charge in [0.25, 0.3) is 5.56 Å². The Hall–Kier alpha value is -1.16. The Bertz CT molecular complexity index is 330. The van der Waals surface area contributed by atoms with Gasteiger partial charge in [-0.2, -0.15) is 5.10 Å². The summed E-state index contributed by atoms with van der Waals surface area (Å²) in [5.74, 6) is 0.286. The fourth-order valence-corrected chi connectivity index (χ4v) is 1.25. The van der Waals surface area contributed by atoms with Crippen molar-refractivity contribution in [3.63, 3.8) is 0 Å². The molecule has 1 aliphatic carbocycles. The van der Waals surface area contributed by atoms with E-state index in [2.05, 4.69) is 10.2 Å². The molecule has 4 heteroatoms. The Morgan fingerprint density at radius 3 is 3.00 bits per heavy atom. The van der Waals surface area contributed by atoms with Gasteiger partial charge in [-0.05, 0) is 24.8 Å². The zero-order valence-corrected chi connectivity index (χ0v) is 6.53. The Kier molecular flexibility index (Phi) is 1.69. The van der Waals surface area contributed by atoms with Gasteiger partial charge in [0.2, 0.25) is 0 Å². The van der Waals surface area contributed by atoms with Gasteiger partial charge < -0.3 is 5.11 Å². The summed E-state index contributed by atoms with van der Waals surface area (Å²) >= 11 is 0. The molecule has 1 aromatic rings. The number of aliphatic hydroxyl groups excluding tert-OH is 1. The number of hydrogen-bond acceptors (Lipinski definition) is 3. The minimum atomic E-state index is -0.600. The van der Waals surface area contributed by atoms with E-state index in [9.17, 15) is 9.90 Å². The molecule has 0 bridgehead atoms. The van der Waals surface area contributed by atoms with Crippen molar-refractivity contribution in [1.82, 2.24) is 10.2 Å². The van der Waals surface area contributed by atoms with E-state index in [-0.39, 0.29) is 11.5 Å². The highest BCUT2D eigenvalue weighted by molar-refractivity contribution is 5.12. The van der Waals surface area contributed by atoms with Crippen LogP contribution in [0.2, 0.25) is 0 Å². The highest BCUT2D eigenvalue weighted by Crippen LogP contribution is 2.39. The predicted molar refractivity (Wildman–Crippen MR) is 42.5 cm³/mol. The molecule has 0 radical (unpaired) electrons. The van der Waals surface area contributed by atoms with Gasteiger partial charge in [0, 0.05) is 11.8 Å². The van der Waals surface area contributed by atoms with Crippen LogP contribution in [-0.2, 0) is 0 Å². The van der Waals surface area contributed by atoms with Crippen LogP contribution in [-0.4, -0.2) is 15.3 Å². The Labute approximate surface area is 69.2 Å². The Balaban J connectivity index is 2.32. The number of nitrogens with one attached hydrogen (secondary N) is 1. The molecule has 0 aromatic carbocycles. The maximum atomic E-state index is 11.1. The van der Waals surface area contributed by atoms with Crippen LogP contribution < -0.4 is 5.56 Å². The molecule has 2 rings (SSSR count). The summed E-state index contributed by atoms with van der Waals surface area (Å²) in [5.41, 5.74) is 0.157. The zero-order chi connectivity index (χ0) is 8.55. The van der Waals surface area contributed by atoms with Crippen molar-refractivity contribution in [2.24, 2.45) is 5.92 Å². The average molecular weight is 166 g/mol. The summed E-state index contributed by atoms with van der Waals surface area (Å²) in [5, 5.41) is 15.4. The van der Waals surface area contributed by atoms with Crippen molar-refractivity contribution in [3.05, 3.63) is 28.2 Å². The van der Waals surface area contributed by atoms with E-state index in [1.165, 1.54) is 6.20 Å². The van der Waals surface area contributed by atoms with Gasteiger partial charge in [-0.25, -0.2) is 5.10 Å². The van der Waals surface area contributed by atoms with Gasteiger partial charge in [0.1, 0.15) is 0 Å². The molecule has 0 saturated heterocycles. The third-order valence-corrected chi connectivity index (χ3v) is 2.14. The largest absolute Gasteiger partial charge is 0.388 e. The molecule has 2 N–H and O–H groups in total. The Morgan fingerprint density at radius 2 is 2.42 bits per heavy atom. The van der Waals surface area contributed by atoms with Crippen molar-refractivity contribution >= 4 is 0 Å². The number of rotatable bonds is 2. The highest BCUT2D eigenvalue weighted by atomic mass is 16.3. The van der Waals surface area contributed by atoms with Gasteiger partial charge in [-0.15, -0.1) is 0 Å². The lowest BCUT2D eigenvalue weighted by Gasteiger charge is -2.06. The van der Waals surface area contributed by atoms with Crippen molar-refractivity contribution in [2.75, 3.05) is 0 Å². The van der Waals surface area contributed by atoms with Gasteiger partial charge in [-0.1, -0.05) is 0 Å². The van der Waals surface area contributed by atoms with Crippen molar-refractivity contribution in [3.8, 4) is 0 Å². The van der Waals surface area contributed by atoms with E-state index in [0.717, 1.165) is 12.8 Å². The van der Waals surface area contributed by atoms with Crippen LogP contribution in [0.3, 0.4) is 0 Å². The number of H-pyrrole nitrogens is 1. The first-order valence-electron chi connectivity index (χ1n) is 4.00. The van der Waals surface area contributed by atoms with Crippen molar-refractivity contribution in [2.45, 2.75) is 18.9 Å². The lowest BCUT2D eigenvalue weighted by atomic mass is 10.1. The topological polar surface area (TPSA) is 66.0 Å². The molecule has 0 aliphatic heterocycles. The molecule has 1 saturated carbocycles. The zero-order valence-electron chi connectivity index (χ0n) is 6.53. The minimum absolute atomic E-state index is 0.281. The van der Waals surface area contributed by atoms with Crippen molar-refractivity contribution in [1.29, 1.82) is 0 Å². The fourth-order valence-electron chi connectivity index (χ4n) is 1.25. The predicted octanol–water partition coefficient (Wildman–Crippen LogP) is 0.213. The second-order valence-corrected chi connectivity index (χ2v) is 3.12. The van der Waals surface area contributed by atoms with E-state index in [0.29, 0.717) is 5.56 Å². The first-order chi connectivity index (χ1) is 5.79. The van der Waals surface area contributed by atoms with Gasteiger partial charge in [0.05, 0.1) is 6.10 Å². The quantitative estimate of drug-likeness (QED) is 0.660. The minimum Gasteiger partial charge on any atom is -0.388 e. The molecule has 0 amide bonds. The lowest BCUT2D eigenvalue weighted by Crippen LogP contribution is -2.17. The maximum absolute atomic E-state index is 11.1. The van der Waals surface area contributed by atoms with Crippen LogP contribution in [0.15, 0.2) is 17.1 Å². The molecule has 1 aliphatic rings. The second-order valence-electron chi connectivity index (χ2n) is 3.12. The van der Waals surface area contributed by atoms with Crippen molar-refractivity contribution < 1.29 is 5.11 Å².